The molecule has 4 rings (SSSR count). The zero-order valence-corrected chi connectivity index (χ0v) is 19.9. The van der Waals surface area contributed by atoms with E-state index in [4.69, 9.17) is 4.74 Å². The number of halogens is 3. The number of methoxy groups -OCH3 is 1. The van der Waals surface area contributed by atoms with Crippen LogP contribution in [0.5, 0.6) is 5.75 Å². The number of aromatic nitrogens is 3. The van der Waals surface area contributed by atoms with Crippen molar-refractivity contribution in [3.05, 3.63) is 90.3 Å². The Morgan fingerprint density at radius 2 is 1.69 bits per heavy atom. The number of ether oxygens (including phenoxy) is 1. The van der Waals surface area contributed by atoms with E-state index in [1.165, 1.54) is 17.8 Å². The van der Waals surface area contributed by atoms with Crippen molar-refractivity contribution in [2.45, 2.75) is 17.9 Å². The Hall–Kier alpha value is -3.99. The van der Waals surface area contributed by atoms with Crippen LogP contribution in [0.4, 0.5) is 24.5 Å². The van der Waals surface area contributed by atoms with Crippen LogP contribution in [0.15, 0.2) is 84.0 Å². The fourth-order valence-corrected chi connectivity index (χ4v) is 4.10. The van der Waals surface area contributed by atoms with Crippen LogP contribution in [0.3, 0.4) is 0 Å². The molecule has 0 saturated carbocycles. The van der Waals surface area contributed by atoms with Crippen molar-refractivity contribution in [3.63, 3.8) is 0 Å². The average molecular weight is 514 g/mol. The van der Waals surface area contributed by atoms with E-state index in [9.17, 15) is 18.0 Å². The van der Waals surface area contributed by atoms with Crippen molar-refractivity contribution in [2.75, 3.05) is 23.5 Å². The van der Waals surface area contributed by atoms with Gasteiger partial charge in [0.1, 0.15) is 5.75 Å². The van der Waals surface area contributed by atoms with Crippen molar-refractivity contribution < 1.29 is 22.7 Å². The van der Waals surface area contributed by atoms with Crippen molar-refractivity contribution in [2.24, 2.45) is 0 Å². The lowest BCUT2D eigenvalue weighted by Gasteiger charge is -2.13. The molecule has 0 atom stereocenters. The minimum absolute atomic E-state index is 0.0875. The fourth-order valence-electron chi connectivity index (χ4n) is 3.33. The van der Waals surface area contributed by atoms with Crippen LogP contribution in [-0.2, 0) is 17.5 Å². The summed E-state index contributed by atoms with van der Waals surface area (Å²) in [5.41, 5.74) is 0.952. The van der Waals surface area contributed by atoms with Gasteiger partial charge in [-0.3, -0.25) is 9.36 Å². The second-order valence-electron chi connectivity index (χ2n) is 7.57. The van der Waals surface area contributed by atoms with Crippen LogP contribution in [0, 0.1) is 0 Å². The van der Waals surface area contributed by atoms with Gasteiger partial charge in [0.25, 0.3) is 0 Å². The van der Waals surface area contributed by atoms with E-state index in [2.05, 4.69) is 20.8 Å². The lowest BCUT2D eigenvalue weighted by atomic mass is 10.2. The predicted octanol–water partition coefficient (Wildman–Crippen LogP) is 5.64. The molecule has 4 aromatic rings. The van der Waals surface area contributed by atoms with Crippen molar-refractivity contribution >= 4 is 29.0 Å². The summed E-state index contributed by atoms with van der Waals surface area (Å²) in [4.78, 5) is 12.4. The second kappa shape index (κ2) is 11.2. The molecule has 1 amide bonds. The van der Waals surface area contributed by atoms with Crippen LogP contribution < -0.4 is 15.4 Å². The quantitative estimate of drug-likeness (QED) is 0.282. The topological polar surface area (TPSA) is 81.1 Å². The molecule has 0 radical (unpaired) electrons. The average Bonchev–Trinajstić information content (AvgIpc) is 3.29. The first-order valence-corrected chi connectivity index (χ1v) is 11.8. The molecule has 0 fully saturated rings. The summed E-state index contributed by atoms with van der Waals surface area (Å²) in [6.45, 7) is 0.108. The summed E-state index contributed by atoms with van der Waals surface area (Å²) < 4.78 is 46.2. The summed E-state index contributed by atoms with van der Waals surface area (Å²) >= 11 is 1.20. The first-order valence-electron chi connectivity index (χ1n) is 10.8. The molecule has 0 bridgehead atoms. The zero-order chi connectivity index (χ0) is 25.5. The maximum Gasteiger partial charge on any atom is 0.416 e. The molecule has 0 aliphatic carbocycles. The molecule has 1 heterocycles. The van der Waals surface area contributed by atoms with Crippen molar-refractivity contribution in [1.29, 1.82) is 0 Å². The van der Waals surface area contributed by atoms with Gasteiger partial charge in [-0.25, -0.2) is 0 Å². The number of para-hydroxylation sites is 1. The molecule has 0 saturated heterocycles. The highest BCUT2D eigenvalue weighted by atomic mass is 32.2. The minimum Gasteiger partial charge on any atom is -0.497 e. The number of amides is 1. The van der Waals surface area contributed by atoms with E-state index in [-0.39, 0.29) is 18.2 Å². The van der Waals surface area contributed by atoms with Crippen molar-refractivity contribution in [1.82, 2.24) is 14.8 Å². The number of nitrogens with zero attached hydrogens (tertiary/aromatic N) is 3. The molecule has 1 aromatic heterocycles. The Labute approximate surface area is 209 Å². The van der Waals surface area contributed by atoms with Gasteiger partial charge in [-0.1, -0.05) is 36.0 Å². The van der Waals surface area contributed by atoms with E-state index >= 15 is 0 Å². The zero-order valence-electron chi connectivity index (χ0n) is 19.1. The smallest absolute Gasteiger partial charge is 0.416 e. The molecule has 186 valence electrons. The molecule has 0 aliphatic heterocycles. The lowest BCUT2D eigenvalue weighted by Crippen LogP contribution is -2.14. The monoisotopic (exact) mass is 513 g/mol. The molecule has 2 N–H and O–H groups in total. The summed E-state index contributed by atoms with van der Waals surface area (Å²) in [5, 5.41) is 14.7. The molecule has 36 heavy (non-hydrogen) atoms. The molecular weight excluding hydrogens is 491 g/mol. The summed E-state index contributed by atoms with van der Waals surface area (Å²) in [7, 11) is 1.56. The first kappa shape index (κ1) is 25.1. The number of hydrogen-bond acceptors (Lipinski definition) is 6. The van der Waals surface area contributed by atoms with Crippen LogP contribution in [-0.4, -0.2) is 33.5 Å². The Morgan fingerprint density at radius 1 is 0.972 bits per heavy atom. The lowest BCUT2D eigenvalue weighted by molar-refractivity contribution is -0.137. The van der Waals surface area contributed by atoms with Gasteiger partial charge in [-0.15, -0.1) is 10.2 Å². The van der Waals surface area contributed by atoms with Gasteiger partial charge >= 0.3 is 6.18 Å². The maximum atomic E-state index is 13.1. The number of hydrogen-bond donors (Lipinski definition) is 2. The first-order chi connectivity index (χ1) is 17.3. The Morgan fingerprint density at radius 3 is 2.39 bits per heavy atom. The molecule has 11 heteroatoms. The van der Waals surface area contributed by atoms with E-state index in [1.54, 1.807) is 42.0 Å². The third kappa shape index (κ3) is 6.36. The van der Waals surface area contributed by atoms with Gasteiger partial charge in [0.2, 0.25) is 5.91 Å². The summed E-state index contributed by atoms with van der Waals surface area (Å²) in [6.07, 6.45) is -4.44. The van der Waals surface area contributed by atoms with Crippen LogP contribution in [0.1, 0.15) is 11.4 Å². The normalized spacial score (nSPS) is 11.2. The van der Waals surface area contributed by atoms with Crippen molar-refractivity contribution in [3.8, 4) is 11.4 Å². The maximum absolute atomic E-state index is 13.1. The number of carbonyl (C=O) groups is 1. The molecule has 0 aliphatic rings. The molecular formula is C25H22F3N5O2S. The summed E-state index contributed by atoms with van der Waals surface area (Å²) in [5.74, 6) is 0.999. The standard InChI is InChI=1S/C25H22F3N5O2S/c1-35-21-12-10-20(11-13-21)33-22(15-29-19-9-5-6-17(14-19)25(26,27)28)31-32-24(33)36-16-23(34)30-18-7-3-2-4-8-18/h2-14,29H,15-16H2,1H3,(H,30,34). The SMILES string of the molecule is COc1ccc(-n2c(CNc3cccc(C(F)(F)F)c3)nnc2SCC(=O)Nc2ccccc2)cc1. The highest BCUT2D eigenvalue weighted by Crippen LogP contribution is 2.31. The number of benzene rings is 3. The van der Waals surface area contributed by atoms with Gasteiger partial charge in [-0.2, -0.15) is 13.2 Å². The Balaban J connectivity index is 1.54. The highest BCUT2D eigenvalue weighted by Gasteiger charge is 2.30. The molecule has 0 unspecified atom stereocenters. The van der Waals surface area contributed by atoms with Gasteiger partial charge in [0, 0.05) is 17.1 Å². The largest absolute Gasteiger partial charge is 0.497 e. The van der Waals surface area contributed by atoms with Gasteiger partial charge in [-0.05, 0) is 54.6 Å². The number of rotatable bonds is 9. The Bertz CT molecular complexity index is 1310. The highest BCUT2D eigenvalue weighted by molar-refractivity contribution is 7.99. The third-order valence-electron chi connectivity index (χ3n) is 5.06. The van der Waals surface area contributed by atoms with Crippen LogP contribution in [0.25, 0.3) is 5.69 Å². The number of carbonyl (C=O) groups excluding carboxylic acids is 1. The van der Waals surface area contributed by atoms with Crippen LogP contribution in [0.2, 0.25) is 0 Å². The minimum atomic E-state index is -4.44. The number of anilines is 2. The molecule has 0 spiro atoms. The third-order valence-corrected chi connectivity index (χ3v) is 5.99. The number of alkyl halides is 3. The van der Waals surface area contributed by atoms with Crippen LogP contribution >= 0.6 is 11.8 Å². The Kier molecular flexibility index (Phi) is 7.79. The van der Waals surface area contributed by atoms with E-state index in [0.29, 0.717) is 33.8 Å². The second-order valence-corrected chi connectivity index (χ2v) is 8.51. The van der Waals surface area contributed by atoms with Gasteiger partial charge < -0.3 is 15.4 Å². The fraction of sp³-hybridized carbons (Fsp3) is 0.160. The number of thioether (sulfide) groups is 1. The van der Waals surface area contributed by atoms with E-state index in [1.807, 2.05) is 30.3 Å². The molecule has 7 nitrogen and oxygen atoms in total. The summed E-state index contributed by atoms with van der Waals surface area (Å²) in [6, 6.07) is 21.2. The van der Waals surface area contributed by atoms with Gasteiger partial charge in [0.15, 0.2) is 11.0 Å². The number of nitrogens with one attached hydrogen (secondary N) is 2. The van der Waals surface area contributed by atoms with E-state index < -0.39 is 11.7 Å². The molecule has 3 aromatic carbocycles. The van der Waals surface area contributed by atoms with E-state index in [0.717, 1.165) is 12.1 Å². The predicted molar refractivity (Wildman–Crippen MR) is 132 cm³/mol. The van der Waals surface area contributed by atoms with Gasteiger partial charge in [0.05, 0.1) is 25.0 Å².